The van der Waals surface area contributed by atoms with Crippen molar-refractivity contribution in [1.29, 1.82) is 0 Å². The van der Waals surface area contributed by atoms with E-state index in [-0.39, 0.29) is 59.1 Å². The summed E-state index contributed by atoms with van der Waals surface area (Å²) in [6.45, 7) is 0. The maximum Gasteiger partial charge on any atom is 0.318 e. The van der Waals surface area contributed by atoms with E-state index in [2.05, 4.69) is 25.3 Å². The normalized spacial score (nSPS) is 13.2. The summed E-state index contributed by atoms with van der Waals surface area (Å²) in [6, 6.07) is 0. The standard InChI is InChI=1S/C4H6O4S2.2Na/c5-3(6)1(9)2(10)4(7)8;;/h1-2,9-10H,(H,5,6)(H,7,8);;. The molecule has 12 heavy (non-hydrogen) atoms. The molecule has 0 heterocycles. The largest absolute Gasteiger partial charge is 0.480 e. The summed E-state index contributed by atoms with van der Waals surface area (Å²) in [4.78, 5) is 20.1. The first-order chi connectivity index (χ1) is 4.46. The van der Waals surface area contributed by atoms with E-state index >= 15 is 0 Å². The molecule has 0 saturated heterocycles. The Balaban J connectivity index is -0.000000405. The van der Waals surface area contributed by atoms with Crippen LogP contribution in [0.2, 0.25) is 0 Å². The van der Waals surface area contributed by atoms with E-state index in [4.69, 9.17) is 10.2 Å². The van der Waals surface area contributed by atoms with Gasteiger partial charge in [0.05, 0.1) is 0 Å². The Hall–Kier alpha value is 1.64. The fraction of sp³-hybridized carbons (Fsp3) is 0.500. The van der Waals surface area contributed by atoms with E-state index in [1.54, 1.807) is 0 Å². The Morgan fingerprint density at radius 1 is 0.917 bits per heavy atom. The molecule has 0 aromatic carbocycles. The molecule has 0 spiro atoms. The molecule has 60 valence electrons. The molecule has 8 heteroatoms. The van der Waals surface area contributed by atoms with E-state index in [9.17, 15) is 9.59 Å². The van der Waals surface area contributed by atoms with Crippen molar-refractivity contribution in [3.8, 4) is 0 Å². The zero-order valence-electron chi connectivity index (χ0n) is 6.76. The molecule has 0 saturated carbocycles. The summed E-state index contributed by atoms with van der Waals surface area (Å²) in [5.41, 5.74) is 0. The zero-order valence-corrected chi connectivity index (χ0v) is 12.5. The summed E-state index contributed by atoms with van der Waals surface area (Å²) in [5, 5.41) is 13.9. The molecule has 0 amide bonds. The van der Waals surface area contributed by atoms with E-state index in [0.717, 1.165) is 0 Å². The second-order valence-electron chi connectivity index (χ2n) is 1.57. The van der Waals surface area contributed by atoms with Crippen molar-refractivity contribution in [3.63, 3.8) is 0 Å². The molecule has 2 radical (unpaired) electrons. The molecule has 0 aromatic heterocycles. The van der Waals surface area contributed by atoms with Gasteiger partial charge in [-0.15, -0.1) is 0 Å². The third-order valence-corrected chi connectivity index (χ3v) is 2.08. The summed E-state index contributed by atoms with van der Waals surface area (Å²) in [7, 11) is 0. The number of carbonyl (C=O) groups is 2. The van der Waals surface area contributed by atoms with Gasteiger partial charge in [0.15, 0.2) is 0 Å². The van der Waals surface area contributed by atoms with Crippen LogP contribution in [0, 0.1) is 0 Å². The Morgan fingerprint density at radius 3 is 1.17 bits per heavy atom. The van der Waals surface area contributed by atoms with Crippen LogP contribution in [-0.4, -0.2) is 91.8 Å². The van der Waals surface area contributed by atoms with Crippen molar-refractivity contribution >= 4 is 96.3 Å². The maximum absolute atomic E-state index is 10.1. The number of hydrogen-bond donors (Lipinski definition) is 4. The smallest absolute Gasteiger partial charge is 0.318 e. The Labute approximate surface area is 125 Å². The fourth-order valence-electron chi connectivity index (χ4n) is 0.270. The predicted molar refractivity (Wildman–Crippen MR) is 52.3 cm³/mol. The van der Waals surface area contributed by atoms with Crippen molar-refractivity contribution < 1.29 is 19.8 Å². The summed E-state index contributed by atoms with van der Waals surface area (Å²) in [6.07, 6.45) is 0. The van der Waals surface area contributed by atoms with Gasteiger partial charge < -0.3 is 10.2 Å². The van der Waals surface area contributed by atoms with Crippen LogP contribution >= 0.6 is 25.3 Å². The quantitative estimate of drug-likeness (QED) is 0.369. The van der Waals surface area contributed by atoms with Gasteiger partial charge in [0.2, 0.25) is 0 Å². The van der Waals surface area contributed by atoms with Gasteiger partial charge in [0.1, 0.15) is 10.5 Å². The number of thiol groups is 2. The molecule has 0 fully saturated rings. The third kappa shape index (κ3) is 7.08. The predicted octanol–water partition coefficient (Wildman–Crippen LogP) is -1.01. The van der Waals surface area contributed by atoms with Gasteiger partial charge >= 0.3 is 11.9 Å². The van der Waals surface area contributed by atoms with Crippen LogP contribution in [0.3, 0.4) is 0 Å². The Bertz CT molecular complexity index is 147. The molecule has 0 rings (SSSR count). The van der Waals surface area contributed by atoms with Gasteiger partial charge in [-0.05, 0) is 0 Å². The fourth-order valence-corrected chi connectivity index (χ4v) is 0.525. The van der Waals surface area contributed by atoms with Crippen LogP contribution in [0.4, 0.5) is 0 Å². The summed E-state index contributed by atoms with van der Waals surface area (Å²) < 4.78 is 0. The molecule has 0 bridgehead atoms. The van der Waals surface area contributed by atoms with Crippen LogP contribution in [0.15, 0.2) is 0 Å². The number of aliphatic carboxylic acids is 2. The van der Waals surface area contributed by atoms with Crippen molar-refractivity contribution in [2.45, 2.75) is 10.5 Å². The van der Waals surface area contributed by atoms with E-state index in [0.29, 0.717) is 0 Å². The van der Waals surface area contributed by atoms with Crippen LogP contribution in [0.1, 0.15) is 0 Å². The van der Waals surface area contributed by atoms with Crippen molar-refractivity contribution in [2.75, 3.05) is 0 Å². The van der Waals surface area contributed by atoms with E-state index in [1.807, 2.05) is 0 Å². The topological polar surface area (TPSA) is 74.6 Å². The first kappa shape index (κ1) is 19.2. The van der Waals surface area contributed by atoms with Gasteiger partial charge in [-0.25, -0.2) is 0 Å². The van der Waals surface area contributed by atoms with Gasteiger partial charge in [-0.2, -0.15) is 25.3 Å². The van der Waals surface area contributed by atoms with E-state index in [1.165, 1.54) is 0 Å². The van der Waals surface area contributed by atoms with Gasteiger partial charge in [0.25, 0.3) is 0 Å². The summed E-state index contributed by atoms with van der Waals surface area (Å²) in [5.74, 6) is -2.57. The second kappa shape index (κ2) is 9.21. The third-order valence-electron chi connectivity index (χ3n) is 0.805. The maximum atomic E-state index is 10.1. The average molecular weight is 228 g/mol. The first-order valence-corrected chi connectivity index (χ1v) is 3.32. The molecule has 2 unspecified atom stereocenters. The summed E-state index contributed by atoms with van der Waals surface area (Å²) >= 11 is 7.00. The number of hydrogen-bond acceptors (Lipinski definition) is 4. The molecular formula is C4H6Na2O4S2. The first-order valence-electron chi connectivity index (χ1n) is 2.28. The molecule has 4 nitrogen and oxygen atoms in total. The molecule has 0 aliphatic carbocycles. The minimum Gasteiger partial charge on any atom is -0.480 e. The van der Waals surface area contributed by atoms with Crippen molar-refractivity contribution in [3.05, 3.63) is 0 Å². The Kier molecular flexibility index (Phi) is 14.8. The average Bonchev–Trinajstić information content (AvgIpc) is 1.84. The minimum atomic E-state index is -1.29. The van der Waals surface area contributed by atoms with Crippen LogP contribution in [-0.2, 0) is 9.59 Å². The molecule has 0 aliphatic heterocycles. The molecule has 0 aliphatic rings. The van der Waals surface area contributed by atoms with Gasteiger partial charge in [0, 0.05) is 59.1 Å². The van der Waals surface area contributed by atoms with Gasteiger partial charge in [-0.1, -0.05) is 0 Å². The molecule has 2 atom stereocenters. The monoisotopic (exact) mass is 228 g/mol. The van der Waals surface area contributed by atoms with Crippen LogP contribution in [0.25, 0.3) is 0 Å². The molecular weight excluding hydrogens is 222 g/mol. The van der Waals surface area contributed by atoms with Crippen LogP contribution < -0.4 is 0 Å². The molecule has 0 aromatic rings. The second-order valence-corrected chi connectivity index (χ2v) is 2.68. The zero-order chi connectivity index (χ0) is 8.31. The number of rotatable bonds is 3. The van der Waals surface area contributed by atoms with Gasteiger partial charge in [-0.3, -0.25) is 9.59 Å². The molecule has 2 N–H and O–H groups in total. The van der Waals surface area contributed by atoms with Crippen LogP contribution in [0.5, 0.6) is 0 Å². The SMILES string of the molecule is O=C(O)C(S)C(S)C(=O)O.[Na].[Na]. The minimum absolute atomic E-state index is 0. The van der Waals surface area contributed by atoms with E-state index < -0.39 is 22.4 Å². The number of carboxylic acids is 2. The van der Waals surface area contributed by atoms with Crippen molar-refractivity contribution in [1.82, 2.24) is 0 Å². The Morgan fingerprint density at radius 2 is 1.08 bits per heavy atom. The van der Waals surface area contributed by atoms with Crippen molar-refractivity contribution in [2.24, 2.45) is 0 Å². The number of carboxylic acid groups (broad SMARTS) is 2.